The van der Waals surface area contributed by atoms with E-state index in [0.717, 1.165) is 32.6 Å². The molecule has 1 aliphatic heterocycles. The fourth-order valence-corrected chi connectivity index (χ4v) is 13.2. The van der Waals surface area contributed by atoms with Crippen LogP contribution in [-0.4, -0.2) is 78.8 Å². The van der Waals surface area contributed by atoms with Gasteiger partial charge in [0.25, 0.3) is 16.7 Å². The number of hydrogen-bond donors (Lipinski definition) is 2. The maximum absolute atomic E-state index is 11.5. The summed E-state index contributed by atoms with van der Waals surface area (Å²) >= 11 is 3.32. The molecule has 0 unspecified atom stereocenters. The Balaban J connectivity index is 0.000000633. The van der Waals surface area contributed by atoms with Crippen LogP contribution in [0.2, 0.25) is 0 Å². The van der Waals surface area contributed by atoms with E-state index in [1.165, 1.54) is 166 Å². The number of pyridine rings is 2. The molecule has 0 spiro atoms. The molecule has 1 saturated heterocycles. The SMILES string of the molecule is CC.CC.CC.CC.CC.CC.CC.CC.CC.CN1CCCC1.Cc1cc2ccccc2cn1.Cc1ccc2[nH]ccc2c1.Cc1ccc2c(c1)CCCC2.Cc1ccc2ccccc2n1.Cc1cccc2c1sc1ccccc12.Cn1cnc2[nH]ncc2c1=O.Cn1cnc2ccccc2c1=O.Cn1cnc2ccsc2c1=O. The zero-order valence-electron chi connectivity index (χ0n) is 74.5. The summed E-state index contributed by atoms with van der Waals surface area (Å²) in [5.74, 6) is 0. The van der Waals surface area contributed by atoms with Crippen molar-refractivity contribution >= 4 is 108 Å². The Hall–Kier alpha value is -10.6. The van der Waals surface area contributed by atoms with Crippen molar-refractivity contribution in [3.63, 3.8) is 0 Å². The molecule has 9 aromatic heterocycles. The van der Waals surface area contributed by atoms with Crippen LogP contribution >= 0.6 is 22.7 Å². The third-order valence-corrected chi connectivity index (χ3v) is 18.7. The van der Waals surface area contributed by atoms with Gasteiger partial charge in [-0.1, -0.05) is 257 Å². The second kappa shape index (κ2) is 60.0. The number of aryl methyl sites for hydroxylation is 10. The molecule has 2 N–H and O–H groups in total. The summed E-state index contributed by atoms with van der Waals surface area (Å²) in [6.45, 7) is 49.1. The van der Waals surface area contributed by atoms with E-state index in [-0.39, 0.29) is 16.7 Å². The minimum absolute atomic E-state index is 0.000556. The van der Waals surface area contributed by atoms with Gasteiger partial charge in [-0.2, -0.15) is 5.10 Å². The van der Waals surface area contributed by atoms with Gasteiger partial charge in [0.1, 0.15) is 10.1 Å². The lowest BCUT2D eigenvalue weighted by atomic mass is 9.91. The fraction of sp³-hybridized carbons (Fsp3) is 0.357. The number of hydrogen-bond acceptors (Lipinski definition) is 12. The number of fused-ring (bicyclic) bond motifs is 10. The van der Waals surface area contributed by atoms with Crippen molar-refractivity contribution < 1.29 is 0 Å². The quantitative estimate of drug-likeness (QED) is 0.148. The Bertz CT molecular complexity index is 5280. The minimum atomic E-state index is -0.0799. The molecule has 15 nitrogen and oxygen atoms in total. The molecule has 18 rings (SSSR count). The van der Waals surface area contributed by atoms with Gasteiger partial charge in [0.15, 0.2) is 5.65 Å². The van der Waals surface area contributed by atoms with E-state index in [1.54, 1.807) is 38.3 Å². The van der Waals surface area contributed by atoms with Gasteiger partial charge in [0.05, 0.1) is 47.1 Å². The highest BCUT2D eigenvalue weighted by atomic mass is 32.1. The highest BCUT2D eigenvalue weighted by Gasteiger charge is 2.09. The van der Waals surface area contributed by atoms with Crippen LogP contribution in [0.5, 0.6) is 0 Å². The number of nitrogens with one attached hydrogen (secondary N) is 2. The van der Waals surface area contributed by atoms with Crippen molar-refractivity contribution in [3.8, 4) is 0 Å². The topological polar surface area (TPSA) is 178 Å². The normalized spacial score (nSPS) is 10.7. The number of nitrogens with zero attached hydrogens (tertiary/aromatic N) is 10. The van der Waals surface area contributed by atoms with Crippen molar-refractivity contribution in [1.29, 1.82) is 0 Å². The van der Waals surface area contributed by atoms with Gasteiger partial charge in [-0.15, -0.1) is 22.7 Å². The van der Waals surface area contributed by atoms with Gasteiger partial charge in [-0.3, -0.25) is 29.5 Å². The van der Waals surface area contributed by atoms with Crippen LogP contribution in [0.4, 0.5) is 0 Å². The summed E-state index contributed by atoms with van der Waals surface area (Å²) in [7, 11) is 7.23. The first-order valence-corrected chi connectivity index (χ1v) is 43.2. The fourth-order valence-electron chi connectivity index (χ4n) is 11.2. The summed E-state index contributed by atoms with van der Waals surface area (Å²) in [4.78, 5) is 60.2. The number of thiophene rings is 2. The van der Waals surface area contributed by atoms with E-state index in [2.05, 4.69) is 188 Å². The van der Waals surface area contributed by atoms with Crippen molar-refractivity contribution in [2.45, 2.75) is 198 Å². The Kier molecular flexibility index (Phi) is 53.5. The molecular formula is C98H136N12O3S2. The molecule has 115 heavy (non-hydrogen) atoms. The molecule has 16 aromatic rings. The predicted molar refractivity (Wildman–Crippen MR) is 508 cm³/mol. The Morgan fingerprint density at radius 2 is 0.913 bits per heavy atom. The monoisotopic (exact) mass is 1590 g/mol. The van der Waals surface area contributed by atoms with Gasteiger partial charge in [0, 0.05) is 81.4 Å². The van der Waals surface area contributed by atoms with Gasteiger partial charge in [-0.05, 0) is 187 Å². The number of aromatic nitrogens is 11. The van der Waals surface area contributed by atoms with Crippen LogP contribution < -0.4 is 16.7 Å². The van der Waals surface area contributed by atoms with E-state index in [1.807, 2.05) is 228 Å². The number of likely N-dealkylation sites (tertiary alicyclic amines) is 1. The van der Waals surface area contributed by atoms with Gasteiger partial charge < -0.3 is 23.6 Å². The van der Waals surface area contributed by atoms with Crippen molar-refractivity contribution in [1.82, 2.24) is 58.7 Å². The third kappa shape index (κ3) is 33.4. The molecule has 1 fully saturated rings. The van der Waals surface area contributed by atoms with E-state index in [9.17, 15) is 14.4 Å². The Morgan fingerprint density at radius 1 is 0.383 bits per heavy atom. The lowest BCUT2D eigenvalue weighted by Crippen LogP contribution is -2.16. The van der Waals surface area contributed by atoms with Crippen LogP contribution in [0.1, 0.15) is 190 Å². The van der Waals surface area contributed by atoms with Crippen molar-refractivity contribution in [2.24, 2.45) is 21.1 Å². The number of aromatic amines is 2. The summed E-state index contributed by atoms with van der Waals surface area (Å²) in [5, 5.41) is 17.1. The first-order chi connectivity index (χ1) is 56.1. The minimum Gasteiger partial charge on any atom is -0.361 e. The summed E-state index contributed by atoms with van der Waals surface area (Å²) in [6, 6.07) is 62.2. The van der Waals surface area contributed by atoms with Crippen LogP contribution in [-0.2, 0) is 34.0 Å². The molecule has 0 atom stereocenters. The summed E-state index contributed by atoms with van der Waals surface area (Å²) in [6.07, 6.45) is 18.1. The second-order valence-corrected chi connectivity index (χ2v) is 26.2. The zero-order chi connectivity index (χ0) is 86.2. The summed E-state index contributed by atoms with van der Waals surface area (Å²) < 4.78 is 7.92. The van der Waals surface area contributed by atoms with Crippen LogP contribution in [0.25, 0.3) is 84.9 Å². The van der Waals surface area contributed by atoms with Crippen LogP contribution in [0, 0.1) is 34.6 Å². The van der Waals surface area contributed by atoms with Gasteiger partial charge >= 0.3 is 0 Å². The van der Waals surface area contributed by atoms with Crippen molar-refractivity contribution in [2.75, 3.05) is 20.1 Å². The average molecular weight is 1590 g/mol. The molecule has 10 heterocycles. The molecule has 0 amide bonds. The second-order valence-electron chi connectivity index (χ2n) is 24.2. The highest BCUT2D eigenvalue weighted by Crippen LogP contribution is 2.35. The largest absolute Gasteiger partial charge is 0.361 e. The van der Waals surface area contributed by atoms with Crippen LogP contribution in [0.3, 0.4) is 0 Å². The first-order valence-electron chi connectivity index (χ1n) is 41.5. The maximum Gasteiger partial charge on any atom is 0.271 e. The summed E-state index contributed by atoms with van der Waals surface area (Å²) in [5.41, 5.74) is 13.7. The molecule has 618 valence electrons. The molecule has 0 radical (unpaired) electrons. The number of para-hydroxylation sites is 2. The van der Waals surface area contributed by atoms with E-state index in [4.69, 9.17) is 0 Å². The molecule has 2 aliphatic rings. The molecule has 17 heteroatoms. The van der Waals surface area contributed by atoms with E-state index < -0.39 is 0 Å². The molecule has 7 aromatic carbocycles. The van der Waals surface area contributed by atoms with Gasteiger partial charge in [0.2, 0.25) is 0 Å². The Labute approximate surface area is 696 Å². The lowest BCUT2D eigenvalue weighted by Gasteiger charge is -2.15. The van der Waals surface area contributed by atoms with Crippen LogP contribution in [0.15, 0.2) is 239 Å². The third-order valence-electron chi connectivity index (χ3n) is 16.5. The smallest absolute Gasteiger partial charge is 0.271 e. The maximum atomic E-state index is 11.5. The van der Waals surface area contributed by atoms with E-state index in [0.29, 0.717) is 16.4 Å². The zero-order valence-corrected chi connectivity index (χ0v) is 76.2. The van der Waals surface area contributed by atoms with Crippen molar-refractivity contribution in [3.05, 3.63) is 295 Å². The molecule has 0 bridgehead atoms. The van der Waals surface area contributed by atoms with Gasteiger partial charge in [-0.25, -0.2) is 15.0 Å². The average Bonchev–Trinajstić information content (AvgIpc) is 1.64. The molecule has 1 aliphatic carbocycles. The first kappa shape index (κ1) is 102. The number of benzene rings is 7. The Morgan fingerprint density at radius 3 is 1.56 bits per heavy atom. The number of rotatable bonds is 0. The molecular weight excluding hydrogens is 1460 g/mol. The lowest BCUT2D eigenvalue weighted by molar-refractivity contribution is 0.418. The number of H-pyrrole nitrogens is 2. The molecule has 0 saturated carbocycles. The van der Waals surface area contributed by atoms with E-state index >= 15 is 0 Å². The predicted octanol–water partition coefficient (Wildman–Crippen LogP) is 26.3. The highest BCUT2D eigenvalue weighted by molar-refractivity contribution is 7.26. The standard InChI is InChI=1S/C13H10S.C11H14.2C10H9N.C9H8N2O.C9H9N.C7H6N2OS.C6H6N4O.C5H11N.9C2H6/c1-9-5-4-7-11-10-6-2-3-8-12(10)14-13(9)11;1-9-6-7-10-4-2-3-5-11(10)8-9;1-8-6-9-4-2-3-5-10(9)7-11-8;1-8-6-7-9-4-2-3-5-10(9)11-8;1-11-6-10-8-5-3-2-4-7(8)9(11)12;1-7-2-3-9-8(6-7)4-5-10-9;1-9-4-8-5-2-3-11-6(5)7(9)10;1-10-3-7-5-4(6(10)11)2-8-9-5;1-6-4-2-3-5-6;9*1-2/h2-8H,1H3;6-8H,2-5H2,1H3;2*2-7H,1H3;2-6H,1H3;2-6,10H,1H3;2-4H,1H3;2-3H,1H3,(H,8,9);2-5H2,1H3;9*1-2H3.